The molecule has 0 N–H and O–H groups in total. The van der Waals surface area contributed by atoms with E-state index in [0.29, 0.717) is 6.61 Å². The van der Waals surface area contributed by atoms with E-state index in [1.54, 1.807) is 6.92 Å². The van der Waals surface area contributed by atoms with Crippen molar-refractivity contribution in [1.82, 2.24) is 4.57 Å². The predicted molar refractivity (Wildman–Crippen MR) is 72.9 cm³/mol. The molecular formula is C15H17NO3. The molecule has 19 heavy (non-hydrogen) atoms. The largest absolute Gasteiger partial charge is 0.466 e. The predicted octanol–water partition coefficient (Wildman–Crippen LogP) is 2.47. The van der Waals surface area contributed by atoms with Crippen molar-refractivity contribution >= 4 is 22.7 Å². The summed E-state index contributed by atoms with van der Waals surface area (Å²) in [4.78, 5) is 23.1. The fraction of sp³-hybridized carbons (Fsp3) is 0.333. The molecule has 4 heteroatoms. The standard InChI is InChI=1S/C15H17NO3/c1-3-19-15(18)9-13(17)10-16-11(2)8-12-6-4-5-7-14(12)16/h4-8H,3,9-10H2,1-2H3. The summed E-state index contributed by atoms with van der Waals surface area (Å²) in [6.45, 7) is 4.19. The number of carbonyl (C=O) groups is 2. The molecule has 1 aromatic carbocycles. The molecule has 0 atom stereocenters. The van der Waals surface area contributed by atoms with Crippen molar-refractivity contribution < 1.29 is 14.3 Å². The van der Waals surface area contributed by atoms with Crippen molar-refractivity contribution in [2.45, 2.75) is 26.8 Å². The lowest BCUT2D eigenvalue weighted by Crippen LogP contribution is -2.16. The summed E-state index contributed by atoms with van der Waals surface area (Å²) < 4.78 is 6.71. The van der Waals surface area contributed by atoms with Crippen LogP contribution in [0.5, 0.6) is 0 Å². The Morgan fingerprint density at radius 1 is 1.26 bits per heavy atom. The van der Waals surface area contributed by atoms with E-state index in [-0.39, 0.29) is 18.7 Å². The van der Waals surface area contributed by atoms with Gasteiger partial charge in [-0.1, -0.05) is 18.2 Å². The lowest BCUT2D eigenvalue weighted by Gasteiger charge is -2.07. The minimum absolute atomic E-state index is 0.136. The van der Waals surface area contributed by atoms with Gasteiger partial charge in [-0.05, 0) is 31.4 Å². The summed E-state index contributed by atoms with van der Waals surface area (Å²) in [6.07, 6.45) is -0.167. The SMILES string of the molecule is CCOC(=O)CC(=O)Cn1c(C)cc2ccccc21. The number of esters is 1. The molecule has 0 unspecified atom stereocenters. The zero-order valence-electron chi connectivity index (χ0n) is 11.2. The zero-order valence-corrected chi connectivity index (χ0v) is 11.2. The molecule has 1 heterocycles. The average molecular weight is 259 g/mol. The first-order chi connectivity index (χ1) is 9.11. The molecule has 0 fully saturated rings. The molecule has 0 aliphatic carbocycles. The van der Waals surface area contributed by atoms with Gasteiger partial charge in [0.1, 0.15) is 6.42 Å². The van der Waals surface area contributed by atoms with Crippen molar-refractivity contribution in [2.24, 2.45) is 0 Å². The first-order valence-electron chi connectivity index (χ1n) is 6.34. The Labute approximate surface area is 112 Å². The zero-order chi connectivity index (χ0) is 13.8. The van der Waals surface area contributed by atoms with Crippen molar-refractivity contribution in [3.8, 4) is 0 Å². The number of benzene rings is 1. The quantitative estimate of drug-likeness (QED) is 0.612. The van der Waals surface area contributed by atoms with Crippen LogP contribution in [0.2, 0.25) is 0 Å². The molecule has 0 saturated carbocycles. The van der Waals surface area contributed by atoms with Crippen molar-refractivity contribution in [2.75, 3.05) is 6.61 Å². The number of hydrogen-bond acceptors (Lipinski definition) is 3. The van der Waals surface area contributed by atoms with E-state index in [4.69, 9.17) is 4.74 Å². The third-order valence-electron chi connectivity index (χ3n) is 3.00. The first-order valence-corrected chi connectivity index (χ1v) is 6.34. The van der Waals surface area contributed by atoms with E-state index in [9.17, 15) is 9.59 Å². The maximum absolute atomic E-state index is 11.9. The minimum atomic E-state index is -0.457. The summed E-state index contributed by atoms with van der Waals surface area (Å²) in [6, 6.07) is 9.92. The number of aromatic nitrogens is 1. The van der Waals surface area contributed by atoms with Crippen LogP contribution >= 0.6 is 0 Å². The molecule has 0 bridgehead atoms. The van der Waals surface area contributed by atoms with Gasteiger partial charge < -0.3 is 9.30 Å². The smallest absolute Gasteiger partial charge is 0.313 e. The Hall–Kier alpha value is -2.10. The van der Waals surface area contributed by atoms with Crippen LogP contribution < -0.4 is 0 Å². The van der Waals surface area contributed by atoms with Crippen molar-refractivity contribution in [3.63, 3.8) is 0 Å². The van der Waals surface area contributed by atoms with Gasteiger partial charge in [0.25, 0.3) is 0 Å². The Morgan fingerprint density at radius 2 is 2.00 bits per heavy atom. The molecule has 100 valence electrons. The van der Waals surface area contributed by atoms with Crippen LogP contribution in [0.15, 0.2) is 30.3 Å². The number of para-hydroxylation sites is 1. The van der Waals surface area contributed by atoms with Crippen LogP contribution in [0.25, 0.3) is 10.9 Å². The second-order valence-corrected chi connectivity index (χ2v) is 4.45. The molecule has 0 saturated heterocycles. The molecule has 1 aromatic heterocycles. The van der Waals surface area contributed by atoms with E-state index in [2.05, 4.69) is 0 Å². The molecule has 0 amide bonds. The highest BCUT2D eigenvalue weighted by Crippen LogP contribution is 2.19. The van der Waals surface area contributed by atoms with Gasteiger partial charge in [0.2, 0.25) is 0 Å². The Bertz CT molecular complexity index is 613. The van der Waals surface area contributed by atoms with Crippen molar-refractivity contribution in [1.29, 1.82) is 0 Å². The Morgan fingerprint density at radius 3 is 2.74 bits per heavy atom. The number of nitrogens with zero attached hydrogens (tertiary/aromatic N) is 1. The van der Waals surface area contributed by atoms with Gasteiger partial charge in [0.15, 0.2) is 5.78 Å². The van der Waals surface area contributed by atoms with Crippen LogP contribution in [0.4, 0.5) is 0 Å². The molecule has 2 rings (SSSR count). The molecule has 0 aliphatic heterocycles. The van der Waals surface area contributed by atoms with Gasteiger partial charge in [-0.3, -0.25) is 9.59 Å². The van der Waals surface area contributed by atoms with E-state index >= 15 is 0 Å². The topological polar surface area (TPSA) is 48.3 Å². The number of fused-ring (bicyclic) bond motifs is 1. The summed E-state index contributed by atoms with van der Waals surface area (Å²) in [5.74, 6) is -0.593. The molecule has 0 radical (unpaired) electrons. The summed E-state index contributed by atoms with van der Waals surface area (Å²) in [7, 11) is 0. The highest BCUT2D eigenvalue weighted by molar-refractivity contribution is 5.96. The van der Waals surface area contributed by atoms with Gasteiger partial charge in [0.05, 0.1) is 13.2 Å². The minimum Gasteiger partial charge on any atom is -0.466 e. The van der Waals surface area contributed by atoms with Crippen LogP contribution in [0.3, 0.4) is 0 Å². The second-order valence-electron chi connectivity index (χ2n) is 4.45. The van der Waals surface area contributed by atoms with Gasteiger partial charge in [-0.15, -0.1) is 0 Å². The third kappa shape index (κ3) is 3.02. The fourth-order valence-corrected chi connectivity index (χ4v) is 2.16. The Balaban J connectivity index is 2.15. The number of Topliss-reactive ketones (excluding diaryl/α,β-unsaturated/α-hetero) is 1. The summed E-state index contributed by atoms with van der Waals surface area (Å²) >= 11 is 0. The monoisotopic (exact) mass is 259 g/mol. The second kappa shape index (κ2) is 5.69. The number of hydrogen-bond donors (Lipinski definition) is 0. The lowest BCUT2D eigenvalue weighted by molar-refractivity contribution is -0.145. The highest BCUT2D eigenvalue weighted by atomic mass is 16.5. The summed E-state index contributed by atoms with van der Waals surface area (Å²) in [5.41, 5.74) is 2.02. The average Bonchev–Trinajstić information content (AvgIpc) is 2.66. The van der Waals surface area contributed by atoms with Crippen LogP contribution in [0.1, 0.15) is 19.0 Å². The third-order valence-corrected chi connectivity index (χ3v) is 3.00. The maximum Gasteiger partial charge on any atom is 0.313 e. The van der Waals surface area contributed by atoms with Crippen molar-refractivity contribution in [3.05, 3.63) is 36.0 Å². The molecule has 0 aliphatic rings. The number of aryl methyl sites for hydroxylation is 1. The van der Waals surface area contributed by atoms with Crippen LogP contribution in [-0.4, -0.2) is 22.9 Å². The molecule has 2 aromatic rings. The van der Waals surface area contributed by atoms with E-state index in [0.717, 1.165) is 16.6 Å². The molecular weight excluding hydrogens is 242 g/mol. The number of carbonyl (C=O) groups excluding carboxylic acids is 2. The molecule has 0 spiro atoms. The van der Waals surface area contributed by atoms with E-state index in [1.165, 1.54) is 0 Å². The lowest BCUT2D eigenvalue weighted by atomic mass is 10.2. The number of ether oxygens (including phenoxy) is 1. The van der Waals surface area contributed by atoms with Crippen LogP contribution in [0, 0.1) is 6.92 Å². The maximum atomic E-state index is 11.9. The fourth-order valence-electron chi connectivity index (χ4n) is 2.16. The normalized spacial score (nSPS) is 10.6. The van der Waals surface area contributed by atoms with Gasteiger partial charge >= 0.3 is 5.97 Å². The number of rotatable bonds is 5. The first kappa shape index (κ1) is 13.3. The number of ketones is 1. The van der Waals surface area contributed by atoms with E-state index < -0.39 is 5.97 Å². The van der Waals surface area contributed by atoms with E-state index in [1.807, 2.05) is 41.8 Å². The van der Waals surface area contributed by atoms with Crippen LogP contribution in [-0.2, 0) is 20.9 Å². The Kier molecular flexibility index (Phi) is 4.00. The van der Waals surface area contributed by atoms with Gasteiger partial charge in [0, 0.05) is 11.2 Å². The summed E-state index contributed by atoms with van der Waals surface area (Å²) in [5, 5.41) is 1.10. The van der Waals surface area contributed by atoms with Gasteiger partial charge in [-0.25, -0.2) is 0 Å². The van der Waals surface area contributed by atoms with Gasteiger partial charge in [-0.2, -0.15) is 0 Å². The highest BCUT2D eigenvalue weighted by Gasteiger charge is 2.13. The molecule has 4 nitrogen and oxygen atoms in total.